The van der Waals surface area contributed by atoms with Crippen LogP contribution in [-0.2, 0) is 16.1 Å². The molecular weight excluding hydrogens is 421 g/mol. The van der Waals surface area contributed by atoms with Gasteiger partial charge in [0.2, 0.25) is 11.8 Å². The van der Waals surface area contributed by atoms with E-state index in [4.69, 9.17) is 0 Å². The Labute approximate surface area is 192 Å². The lowest BCUT2D eigenvalue weighted by molar-refractivity contribution is -0.142. The summed E-state index contributed by atoms with van der Waals surface area (Å²) in [6.45, 7) is 4.80. The number of hydrogen-bond acceptors (Lipinski definition) is 4. The SMILES string of the molecule is CC(C)C(C(=O)N1CCCC1C(=O)NCc1ccc(-c2ccccc2F)cc1)n1ccnn1. The van der Waals surface area contributed by atoms with Gasteiger partial charge in [-0.1, -0.05) is 61.5 Å². The van der Waals surface area contributed by atoms with Gasteiger partial charge in [0.1, 0.15) is 17.9 Å². The van der Waals surface area contributed by atoms with Crippen molar-refractivity contribution in [2.75, 3.05) is 6.54 Å². The summed E-state index contributed by atoms with van der Waals surface area (Å²) in [5.41, 5.74) is 2.23. The zero-order chi connectivity index (χ0) is 23.4. The molecule has 4 rings (SSSR count). The van der Waals surface area contributed by atoms with Gasteiger partial charge in [-0.15, -0.1) is 5.10 Å². The van der Waals surface area contributed by atoms with Crippen molar-refractivity contribution in [3.05, 3.63) is 72.3 Å². The van der Waals surface area contributed by atoms with Gasteiger partial charge in [0.05, 0.1) is 6.20 Å². The van der Waals surface area contributed by atoms with Crippen LogP contribution in [0.25, 0.3) is 11.1 Å². The number of nitrogens with one attached hydrogen (secondary N) is 1. The van der Waals surface area contributed by atoms with Crippen LogP contribution in [0.2, 0.25) is 0 Å². The van der Waals surface area contributed by atoms with E-state index >= 15 is 0 Å². The van der Waals surface area contributed by atoms with Crippen LogP contribution in [0.1, 0.15) is 38.3 Å². The van der Waals surface area contributed by atoms with Crippen LogP contribution in [0.4, 0.5) is 4.39 Å². The van der Waals surface area contributed by atoms with Crippen LogP contribution >= 0.6 is 0 Å². The molecule has 1 saturated heterocycles. The molecule has 2 atom stereocenters. The highest BCUT2D eigenvalue weighted by molar-refractivity contribution is 5.89. The number of halogens is 1. The zero-order valence-electron chi connectivity index (χ0n) is 18.8. The molecule has 3 aromatic rings. The number of hydrogen-bond donors (Lipinski definition) is 1. The lowest BCUT2D eigenvalue weighted by atomic mass is 10.0. The predicted octanol–water partition coefficient (Wildman–Crippen LogP) is 3.59. The topological polar surface area (TPSA) is 80.1 Å². The molecule has 2 aromatic carbocycles. The second-order valence-corrected chi connectivity index (χ2v) is 8.66. The van der Waals surface area contributed by atoms with Crippen molar-refractivity contribution < 1.29 is 14.0 Å². The Morgan fingerprint density at radius 1 is 1.15 bits per heavy atom. The number of benzene rings is 2. The Balaban J connectivity index is 1.40. The summed E-state index contributed by atoms with van der Waals surface area (Å²) in [5.74, 6) is -0.533. The van der Waals surface area contributed by atoms with E-state index in [2.05, 4.69) is 15.6 Å². The van der Waals surface area contributed by atoms with Gasteiger partial charge in [0.25, 0.3) is 0 Å². The molecule has 1 aliphatic heterocycles. The highest BCUT2D eigenvalue weighted by Crippen LogP contribution is 2.26. The van der Waals surface area contributed by atoms with Gasteiger partial charge in [-0.2, -0.15) is 0 Å². The van der Waals surface area contributed by atoms with Crippen molar-refractivity contribution in [1.82, 2.24) is 25.2 Å². The molecule has 7 nitrogen and oxygen atoms in total. The van der Waals surface area contributed by atoms with Crippen molar-refractivity contribution >= 4 is 11.8 Å². The van der Waals surface area contributed by atoms with E-state index in [9.17, 15) is 14.0 Å². The van der Waals surface area contributed by atoms with Crippen molar-refractivity contribution in [3.63, 3.8) is 0 Å². The van der Waals surface area contributed by atoms with Gasteiger partial charge in [0.15, 0.2) is 0 Å². The molecule has 0 aliphatic carbocycles. The molecule has 0 spiro atoms. The lowest BCUT2D eigenvalue weighted by Crippen LogP contribution is -2.48. The first-order valence-corrected chi connectivity index (χ1v) is 11.2. The molecular formula is C25H28FN5O2. The monoisotopic (exact) mass is 449 g/mol. The summed E-state index contributed by atoms with van der Waals surface area (Å²) >= 11 is 0. The second-order valence-electron chi connectivity index (χ2n) is 8.66. The Kier molecular flexibility index (Phi) is 6.82. The number of carbonyl (C=O) groups excluding carboxylic acids is 2. The molecule has 1 fully saturated rings. The summed E-state index contributed by atoms with van der Waals surface area (Å²) in [6.07, 6.45) is 4.64. The average molecular weight is 450 g/mol. The molecule has 8 heteroatoms. The van der Waals surface area contributed by atoms with Crippen molar-refractivity contribution in [3.8, 4) is 11.1 Å². The molecule has 1 aromatic heterocycles. The van der Waals surface area contributed by atoms with Gasteiger partial charge < -0.3 is 10.2 Å². The summed E-state index contributed by atoms with van der Waals surface area (Å²) in [6, 6.07) is 13.1. The van der Waals surface area contributed by atoms with E-state index in [0.29, 0.717) is 25.1 Å². The van der Waals surface area contributed by atoms with Crippen LogP contribution in [-0.4, -0.2) is 44.3 Å². The molecule has 0 radical (unpaired) electrons. The number of carbonyl (C=O) groups is 2. The Morgan fingerprint density at radius 2 is 1.91 bits per heavy atom. The molecule has 2 unspecified atom stereocenters. The Morgan fingerprint density at radius 3 is 2.58 bits per heavy atom. The van der Waals surface area contributed by atoms with Gasteiger partial charge in [-0.05, 0) is 36.0 Å². The molecule has 33 heavy (non-hydrogen) atoms. The average Bonchev–Trinajstić information content (AvgIpc) is 3.51. The minimum atomic E-state index is -0.500. The van der Waals surface area contributed by atoms with Crippen LogP contribution in [0.3, 0.4) is 0 Å². The van der Waals surface area contributed by atoms with Gasteiger partial charge in [-0.25, -0.2) is 9.07 Å². The van der Waals surface area contributed by atoms with E-state index in [0.717, 1.165) is 17.5 Å². The van der Waals surface area contributed by atoms with Gasteiger partial charge in [0, 0.05) is 24.8 Å². The Hall–Kier alpha value is -3.55. The maximum Gasteiger partial charge on any atom is 0.248 e. The zero-order valence-corrected chi connectivity index (χ0v) is 18.8. The van der Waals surface area contributed by atoms with Crippen LogP contribution in [0, 0.1) is 11.7 Å². The van der Waals surface area contributed by atoms with E-state index in [1.165, 1.54) is 6.07 Å². The predicted molar refractivity (Wildman–Crippen MR) is 122 cm³/mol. The molecule has 0 bridgehead atoms. The third kappa shape index (κ3) is 4.94. The Bertz CT molecular complexity index is 1100. The van der Waals surface area contributed by atoms with Gasteiger partial charge >= 0.3 is 0 Å². The lowest BCUT2D eigenvalue weighted by Gasteiger charge is -2.29. The second kappa shape index (κ2) is 9.94. The minimum Gasteiger partial charge on any atom is -0.350 e. The number of amides is 2. The highest BCUT2D eigenvalue weighted by atomic mass is 19.1. The highest BCUT2D eigenvalue weighted by Gasteiger charge is 2.39. The quantitative estimate of drug-likeness (QED) is 0.598. The summed E-state index contributed by atoms with van der Waals surface area (Å²) < 4.78 is 15.6. The minimum absolute atomic E-state index is 0.0106. The first-order chi connectivity index (χ1) is 16.0. The van der Waals surface area contributed by atoms with Crippen molar-refractivity contribution in [1.29, 1.82) is 0 Å². The van der Waals surface area contributed by atoms with Crippen LogP contribution in [0.5, 0.6) is 0 Å². The number of likely N-dealkylation sites (tertiary alicyclic amines) is 1. The maximum absolute atomic E-state index is 14.0. The number of nitrogens with zero attached hydrogens (tertiary/aromatic N) is 4. The number of rotatable bonds is 7. The number of aromatic nitrogens is 3. The largest absolute Gasteiger partial charge is 0.350 e. The molecule has 0 saturated carbocycles. The maximum atomic E-state index is 14.0. The van der Waals surface area contributed by atoms with Gasteiger partial charge in [-0.3, -0.25) is 9.59 Å². The van der Waals surface area contributed by atoms with E-state index < -0.39 is 12.1 Å². The summed E-state index contributed by atoms with van der Waals surface area (Å²) in [5, 5.41) is 10.8. The first-order valence-electron chi connectivity index (χ1n) is 11.2. The van der Waals surface area contributed by atoms with E-state index in [-0.39, 0.29) is 23.5 Å². The molecule has 1 N–H and O–H groups in total. The molecule has 2 heterocycles. The standard InChI is InChI=1S/C25H28FN5O2/c1-17(2)23(31-15-13-28-29-31)25(33)30-14-5-8-22(30)24(32)27-16-18-9-11-19(12-10-18)20-6-3-4-7-21(20)26/h3-4,6-7,9-13,15,17,22-23H,5,8,14,16H2,1-2H3,(H,27,32). The third-order valence-corrected chi connectivity index (χ3v) is 6.05. The molecule has 2 amide bonds. The normalized spacial score (nSPS) is 16.7. The van der Waals surface area contributed by atoms with E-state index in [1.807, 2.05) is 38.1 Å². The smallest absolute Gasteiger partial charge is 0.248 e. The van der Waals surface area contributed by atoms with Crippen molar-refractivity contribution in [2.45, 2.75) is 45.3 Å². The summed E-state index contributed by atoms with van der Waals surface area (Å²) in [4.78, 5) is 27.9. The first kappa shape index (κ1) is 22.6. The van der Waals surface area contributed by atoms with Crippen LogP contribution in [0.15, 0.2) is 60.9 Å². The fourth-order valence-corrected chi connectivity index (χ4v) is 4.35. The fourth-order valence-electron chi connectivity index (χ4n) is 4.35. The fraction of sp³-hybridized carbons (Fsp3) is 0.360. The molecule has 1 aliphatic rings. The van der Waals surface area contributed by atoms with Crippen molar-refractivity contribution in [2.24, 2.45) is 5.92 Å². The van der Waals surface area contributed by atoms with Crippen LogP contribution < -0.4 is 5.32 Å². The third-order valence-electron chi connectivity index (χ3n) is 6.05. The summed E-state index contributed by atoms with van der Waals surface area (Å²) in [7, 11) is 0. The molecule has 172 valence electrons. The van der Waals surface area contributed by atoms with E-state index in [1.54, 1.807) is 40.2 Å².